The number of hydrogen-bond donors (Lipinski definition) is 2. The van der Waals surface area contributed by atoms with Gasteiger partial charge in [0.05, 0.1) is 0 Å². The van der Waals surface area contributed by atoms with E-state index in [1.165, 1.54) is 0 Å². The largest absolute Gasteiger partial charge is 0.508 e. The zero-order valence-corrected chi connectivity index (χ0v) is 12.4. The Balaban J connectivity index is 2.99. The number of rotatable bonds is 4. The van der Waals surface area contributed by atoms with Gasteiger partial charge in [-0.05, 0) is 30.7 Å². The van der Waals surface area contributed by atoms with E-state index in [4.69, 9.17) is 0 Å². The molecule has 0 aliphatic rings. The van der Waals surface area contributed by atoms with Gasteiger partial charge in [0.25, 0.3) is 5.91 Å². The van der Waals surface area contributed by atoms with Gasteiger partial charge in [0.2, 0.25) is 0 Å². The lowest BCUT2D eigenvalue weighted by molar-refractivity contribution is 0.0796. The number of aromatic hydroxyl groups is 1. The lowest BCUT2D eigenvalue weighted by Crippen LogP contribution is -2.33. The normalized spacial score (nSPS) is 11.4. The molecule has 0 radical (unpaired) electrons. The Morgan fingerprint density at radius 3 is 2.53 bits per heavy atom. The molecular formula is C15H24N2O2. The highest BCUT2D eigenvalue weighted by Crippen LogP contribution is 2.31. The molecule has 4 nitrogen and oxygen atoms in total. The van der Waals surface area contributed by atoms with E-state index in [-0.39, 0.29) is 17.1 Å². The van der Waals surface area contributed by atoms with Crippen LogP contribution in [0.3, 0.4) is 0 Å². The van der Waals surface area contributed by atoms with E-state index in [0.29, 0.717) is 12.1 Å². The average molecular weight is 264 g/mol. The number of amides is 1. The molecule has 1 rings (SSSR count). The third-order valence-corrected chi connectivity index (χ3v) is 3.10. The maximum Gasteiger partial charge on any atom is 0.253 e. The van der Waals surface area contributed by atoms with Gasteiger partial charge in [-0.1, -0.05) is 20.8 Å². The fourth-order valence-electron chi connectivity index (χ4n) is 1.87. The van der Waals surface area contributed by atoms with Crippen molar-refractivity contribution in [3.8, 4) is 5.75 Å². The van der Waals surface area contributed by atoms with Crippen LogP contribution in [0.15, 0.2) is 18.2 Å². The minimum absolute atomic E-state index is 0.0271. The lowest BCUT2D eigenvalue weighted by atomic mass is 9.85. The van der Waals surface area contributed by atoms with Gasteiger partial charge >= 0.3 is 0 Å². The Hall–Kier alpha value is -1.55. The fourth-order valence-corrected chi connectivity index (χ4v) is 1.87. The third kappa shape index (κ3) is 3.96. The second-order valence-corrected chi connectivity index (χ2v) is 5.81. The number of nitrogens with zero attached hydrogens (tertiary/aromatic N) is 1. The van der Waals surface area contributed by atoms with Gasteiger partial charge in [-0.2, -0.15) is 0 Å². The molecular weight excluding hydrogens is 240 g/mol. The van der Waals surface area contributed by atoms with E-state index < -0.39 is 0 Å². The molecule has 0 saturated heterocycles. The van der Waals surface area contributed by atoms with Gasteiger partial charge in [0, 0.05) is 31.3 Å². The zero-order chi connectivity index (χ0) is 14.6. The first kappa shape index (κ1) is 15.5. The van der Waals surface area contributed by atoms with E-state index in [1.807, 2.05) is 27.8 Å². The van der Waals surface area contributed by atoms with Crippen molar-refractivity contribution < 1.29 is 9.90 Å². The average Bonchev–Trinajstić information content (AvgIpc) is 2.34. The summed E-state index contributed by atoms with van der Waals surface area (Å²) in [5, 5.41) is 12.9. The predicted octanol–water partition coefficient (Wildman–Crippen LogP) is 1.98. The summed E-state index contributed by atoms with van der Waals surface area (Å²) < 4.78 is 0. The molecule has 19 heavy (non-hydrogen) atoms. The number of likely N-dealkylation sites (N-methyl/N-ethyl adjacent to an activating group) is 2. The first-order valence-electron chi connectivity index (χ1n) is 6.51. The molecule has 0 aromatic heterocycles. The number of carbonyl (C=O) groups excluding carboxylic acids is 1. The van der Waals surface area contributed by atoms with Gasteiger partial charge < -0.3 is 15.3 Å². The van der Waals surface area contributed by atoms with Crippen molar-refractivity contribution in [3.63, 3.8) is 0 Å². The summed E-state index contributed by atoms with van der Waals surface area (Å²) >= 11 is 0. The summed E-state index contributed by atoms with van der Waals surface area (Å²) in [5.41, 5.74) is 1.21. The first-order valence-corrected chi connectivity index (χ1v) is 6.51. The molecule has 0 aliphatic carbocycles. The van der Waals surface area contributed by atoms with Crippen LogP contribution >= 0.6 is 0 Å². The van der Waals surface area contributed by atoms with E-state index in [1.54, 1.807) is 30.1 Å². The van der Waals surface area contributed by atoms with Crippen molar-refractivity contribution in [2.24, 2.45) is 0 Å². The van der Waals surface area contributed by atoms with Crippen molar-refractivity contribution in [1.29, 1.82) is 0 Å². The Kier molecular flexibility index (Phi) is 4.95. The van der Waals surface area contributed by atoms with Gasteiger partial charge in [-0.3, -0.25) is 4.79 Å². The van der Waals surface area contributed by atoms with E-state index >= 15 is 0 Å². The molecule has 0 heterocycles. The van der Waals surface area contributed by atoms with Crippen LogP contribution in [0.2, 0.25) is 0 Å². The molecule has 2 N–H and O–H groups in total. The number of carbonyl (C=O) groups is 1. The first-order chi connectivity index (χ1) is 8.77. The summed E-state index contributed by atoms with van der Waals surface area (Å²) in [6.07, 6.45) is 0. The highest BCUT2D eigenvalue weighted by Gasteiger charge is 2.21. The van der Waals surface area contributed by atoms with Crippen LogP contribution in [0.25, 0.3) is 0 Å². The molecule has 0 saturated carbocycles. The van der Waals surface area contributed by atoms with Crippen molar-refractivity contribution >= 4 is 5.91 Å². The second-order valence-electron chi connectivity index (χ2n) is 5.81. The maximum atomic E-state index is 12.3. The highest BCUT2D eigenvalue weighted by atomic mass is 16.3. The minimum atomic E-state index is -0.191. The summed E-state index contributed by atoms with van der Waals surface area (Å²) in [4.78, 5) is 13.9. The predicted molar refractivity (Wildman–Crippen MR) is 77.7 cm³/mol. The molecule has 0 aliphatic heterocycles. The van der Waals surface area contributed by atoms with Crippen molar-refractivity contribution in [3.05, 3.63) is 29.3 Å². The lowest BCUT2D eigenvalue weighted by Gasteiger charge is -2.22. The Morgan fingerprint density at radius 2 is 2.00 bits per heavy atom. The summed E-state index contributed by atoms with van der Waals surface area (Å²) in [6.45, 7) is 7.45. The summed E-state index contributed by atoms with van der Waals surface area (Å²) in [7, 11) is 3.64. The van der Waals surface area contributed by atoms with Crippen LogP contribution in [-0.2, 0) is 5.41 Å². The molecule has 0 unspecified atom stereocenters. The van der Waals surface area contributed by atoms with Crippen LogP contribution in [0.5, 0.6) is 5.75 Å². The Bertz CT molecular complexity index is 450. The number of hydrogen-bond acceptors (Lipinski definition) is 3. The summed E-state index contributed by atoms with van der Waals surface area (Å²) in [5.74, 6) is 0.211. The van der Waals surface area contributed by atoms with Crippen molar-refractivity contribution in [1.82, 2.24) is 10.2 Å². The van der Waals surface area contributed by atoms with E-state index in [9.17, 15) is 9.90 Å². The monoisotopic (exact) mass is 264 g/mol. The maximum absolute atomic E-state index is 12.3. The standard InChI is InChI=1S/C15H24N2O2/c1-15(2,3)12-10-11(6-7-13(12)18)14(19)17(5)9-8-16-4/h6-7,10,16,18H,8-9H2,1-5H3. The third-order valence-electron chi connectivity index (χ3n) is 3.10. The molecule has 106 valence electrons. The van der Waals surface area contributed by atoms with E-state index in [2.05, 4.69) is 5.32 Å². The molecule has 0 atom stereocenters. The van der Waals surface area contributed by atoms with Crippen LogP contribution in [-0.4, -0.2) is 43.1 Å². The molecule has 1 aromatic rings. The Morgan fingerprint density at radius 1 is 1.37 bits per heavy atom. The molecule has 1 aromatic carbocycles. The molecule has 4 heteroatoms. The van der Waals surface area contributed by atoms with Gasteiger partial charge in [-0.25, -0.2) is 0 Å². The molecule has 1 amide bonds. The fraction of sp³-hybridized carbons (Fsp3) is 0.533. The molecule has 0 fully saturated rings. The summed E-state index contributed by atoms with van der Waals surface area (Å²) in [6, 6.07) is 5.05. The minimum Gasteiger partial charge on any atom is -0.508 e. The second kappa shape index (κ2) is 6.06. The highest BCUT2D eigenvalue weighted by molar-refractivity contribution is 5.94. The number of nitrogens with one attached hydrogen (secondary N) is 1. The quantitative estimate of drug-likeness (QED) is 0.874. The van der Waals surface area contributed by atoms with Crippen LogP contribution in [0, 0.1) is 0 Å². The van der Waals surface area contributed by atoms with E-state index in [0.717, 1.165) is 12.1 Å². The van der Waals surface area contributed by atoms with Crippen LogP contribution < -0.4 is 5.32 Å². The molecule has 0 spiro atoms. The van der Waals surface area contributed by atoms with Crippen LogP contribution in [0.1, 0.15) is 36.7 Å². The topological polar surface area (TPSA) is 52.6 Å². The van der Waals surface area contributed by atoms with Gasteiger partial charge in [0.15, 0.2) is 0 Å². The SMILES string of the molecule is CNCCN(C)C(=O)c1ccc(O)c(C(C)(C)C)c1. The number of phenols is 1. The van der Waals surface area contributed by atoms with Gasteiger partial charge in [-0.15, -0.1) is 0 Å². The van der Waals surface area contributed by atoms with Gasteiger partial charge in [0.1, 0.15) is 5.75 Å². The van der Waals surface area contributed by atoms with Crippen molar-refractivity contribution in [2.45, 2.75) is 26.2 Å². The zero-order valence-electron chi connectivity index (χ0n) is 12.4. The number of phenolic OH excluding ortho intramolecular Hbond substituents is 1. The van der Waals surface area contributed by atoms with Crippen molar-refractivity contribution in [2.75, 3.05) is 27.2 Å². The number of benzene rings is 1. The molecule has 0 bridgehead atoms. The Labute approximate surface area is 115 Å². The van der Waals surface area contributed by atoms with Crippen LogP contribution in [0.4, 0.5) is 0 Å². The smallest absolute Gasteiger partial charge is 0.253 e.